The van der Waals surface area contributed by atoms with E-state index in [0.717, 1.165) is 0 Å². The van der Waals surface area contributed by atoms with Crippen LogP contribution in [0.1, 0.15) is 16.8 Å². The smallest absolute Gasteiger partial charge is 0.308 e. The van der Waals surface area contributed by atoms with Crippen LogP contribution in [0.2, 0.25) is 0 Å². The number of piperazine rings is 1. The highest BCUT2D eigenvalue weighted by Gasteiger charge is 2.35. The molecule has 1 aliphatic heterocycles. The number of esters is 1. The number of carbonyl (C=O) groups is 3. The van der Waals surface area contributed by atoms with E-state index >= 15 is 0 Å². The van der Waals surface area contributed by atoms with E-state index in [2.05, 4.69) is 10.1 Å². The molecule has 112 valence electrons. The molecule has 2 amide bonds. The first-order chi connectivity index (χ1) is 10.0. The lowest BCUT2D eigenvalue weighted by molar-refractivity contribution is -0.145. The van der Waals surface area contributed by atoms with E-state index < -0.39 is 29.6 Å². The molecule has 0 aromatic heterocycles. The number of benzene rings is 1. The van der Waals surface area contributed by atoms with Gasteiger partial charge >= 0.3 is 5.97 Å². The van der Waals surface area contributed by atoms with Crippen molar-refractivity contribution in [1.29, 1.82) is 0 Å². The average molecular weight is 294 g/mol. The molecule has 1 aromatic carbocycles. The Morgan fingerprint density at radius 3 is 2.67 bits per heavy atom. The Balaban J connectivity index is 2.21. The van der Waals surface area contributed by atoms with Gasteiger partial charge in [0.2, 0.25) is 5.91 Å². The van der Waals surface area contributed by atoms with E-state index in [-0.39, 0.29) is 18.5 Å². The van der Waals surface area contributed by atoms with Crippen LogP contribution in [0, 0.1) is 5.82 Å². The van der Waals surface area contributed by atoms with Crippen molar-refractivity contribution < 1.29 is 23.5 Å². The molecule has 1 aliphatic rings. The number of rotatable bonds is 3. The second kappa shape index (κ2) is 6.34. The van der Waals surface area contributed by atoms with Crippen molar-refractivity contribution in [3.63, 3.8) is 0 Å². The minimum atomic E-state index is -0.913. The maximum atomic E-state index is 12.9. The summed E-state index contributed by atoms with van der Waals surface area (Å²) in [5.74, 6) is -1.84. The lowest BCUT2D eigenvalue weighted by atomic mass is 10.1. The summed E-state index contributed by atoms with van der Waals surface area (Å²) in [7, 11) is 1.22. The summed E-state index contributed by atoms with van der Waals surface area (Å²) in [6.07, 6.45) is -0.213. The van der Waals surface area contributed by atoms with Crippen molar-refractivity contribution in [2.24, 2.45) is 0 Å². The van der Waals surface area contributed by atoms with E-state index in [4.69, 9.17) is 0 Å². The molecule has 0 saturated carbocycles. The first kappa shape index (κ1) is 15.0. The first-order valence-corrected chi connectivity index (χ1v) is 6.44. The van der Waals surface area contributed by atoms with Crippen LogP contribution in [0.4, 0.5) is 4.39 Å². The Bertz CT molecular complexity index is 559. The van der Waals surface area contributed by atoms with E-state index in [0.29, 0.717) is 6.54 Å². The zero-order valence-electron chi connectivity index (χ0n) is 11.5. The molecule has 21 heavy (non-hydrogen) atoms. The number of hydrogen-bond acceptors (Lipinski definition) is 4. The molecule has 6 nitrogen and oxygen atoms in total. The lowest BCUT2D eigenvalue weighted by Gasteiger charge is -2.34. The van der Waals surface area contributed by atoms with Crippen molar-refractivity contribution in [2.75, 3.05) is 20.2 Å². The summed E-state index contributed by atoms with van der Waals surface area (Å²) in [5, 5.41) is 2.61. The predicted octanol–water partition coefficient (Wildman–Crippen LogP) is 0.329. The lowest BCUT2D eigenvalue weighted by Crippen LogP contribution is -2.57. The molecule has 1 atom stereocenters. The number of methoxy groups -OCH3 is 1. The molecule has 7 heteroatoms. The third-order valence-electron chi connectivity index (χ3n) is 3.27. The van der Waals surface area contributed by atoms with Gasteiger partial charge in [-0.15, -0.1) is 0 Å². The maximum Gasteiger partial charge on any atom is 0.308 e. The number of hydrogen-bond donors (Lipinski definition) is 1. The molecule has 0 radical (unpaired) electrons. The van der Waals surface area contributed by atoms with Gasteiger partial charge in [-0.2, -0.15) is 0 Å². The van der Waals surface area contributed by atoms with Crippen molar-refractivity contribution in [3.05, 3.63) is 35.6 Å². The van der Waals surface area contributed by atoms with Crippen LogP contribution in [0.25, 0.3) is 0 Å². The molecule has 1 N–H and O–H groups in total. The third-order valence-corrected chi connectivity index (χ3v) is 3.27. The van der Waals surface area contributed by atoms with Gasteiger partial charge < -0.3 is 15.0 Å². The van der Waals surface area contributed by atoms with E-state index in [1.54, 1.807) is 0 Å². The van der Waals surface area contributed by atoms with Crippen LogP contribution >= 0.6 is 0 Å². The second-order valence-corrected chi connectivity index (χ2v) is 4.59. The molecule has 0 bridgehead atoms. The average Bonchev–Trinajstić information content (AvgIpc) is 2.49. The van der Waals surface area contributed by atoms with E-state index in [1.807, 2.05) is 0 Å². The topological polar surface area (TPSA) is 75.7 Å². The molecular weight excluding hydrogens is 279 g/mol. The highest BCUT2D eigenvalue weighted by atomic mass is 19.1. The van der Waals surface area contributed by atoms with Crippen LogP contribution in [-0.4, -0.2) is 48.9 Å². The highest BCUT2D eigenvalue weighted by molar-refractivity contribution is 5.99. The van der Waals surface area contributed by atoms with Crippen LogP contribution in [0.5, 0.6) is 0 Å². The van der Waals surface area contributed by atoms with Crippen molar-refractivity contribution >= 4 is 17.8 Å². The molecule has 0 unspecified atom stereocenters. The Labute approximate surface area is 120 Å². The van der Waals surface area contributed by atoms with Gasteiger partial charge in [0.1, 0.15) is 11.9 Å². The van der Waals surface area contributed by atoms with E-state index in [1.165, 1.54) is 36.3 Å². The van der Waals surface area contributed by atoms with Gasteiger partial charge in [0.25, 0.3) is 5.91 Å². The summed E-state index contributed by atoms with van der Waals surface area (Å²) >= 11 is 0. The van der Waals surface area contributed by atoms with Crippen molar-refractivity contribution in [3.8, 4) is 0 Å². The molecule has 0 aliphatic carbocycles. The number of carbonyl (C=O) groups excluding carboxylic acids is 3. The fourth-order valence-corrected chi connectivity index (χ4v) is 2.16. The summed E-state index contributed by atoms with van der Waals surface area (Å²) < 4.78 is 17.4. The third kappa shape index (κ3) is 3.36. The maximum absolute atomic E-state index is 12.9. The fourth-order valence-electron chi connectivity index (χ4n) is 2.16. The molecule has 1 heterocycles. The Hall–Kier alpha value is -2.44. The van der Waals surface area contributed by atoms with Gasteiger partial charge in [-0.1, -0.05) is 0 Å². The summed E-state index contributed by atoms with van der Waals surface area (Å²) in [5.41, 5.74) is 0.265. The molecule has 0 spiro atoms. The van der Waals surface area contributed by atoms with Crippen molar-refractivity contribution in [1.82, 2.24) is 10.2 Å². The van der Waals surface area contributed by atoms with Crippen LogP contribution in [-0.2, 0) is 14.3 Å². The quantitative estimate of drug-likeness (QED) is 0.815. The zero-order chi connectivity index (χ0) is 15.4. The first-order valence-electron chi connectivity index (χ1n) is 6.44. The minimum Gasteiger partial charge on any atom is -0.469 e. The normalized spacial score (nSPS) is 18.1. The van der Waals surface area contributed by atoms with Gasteiger partial charge in [0, 0.05) is 18.7 Å². The number of nitrogens with zero attached hydrogens (tertiary/aromatic N) is 1. The molecule has 2 rings (SSSR count). The molecule has 1 saturated heterocycles. The zero-order valence-corrected chi connectivity index (χ0v) is 11.5. The van der Waals surface area contributed by atoms with Crippen molar-refractivity contribution in [2.45, 2.75) is 12.5 Å². The van der Waals surface area contributed by atoms with E-state index in [9.17, 15) is 18.8 Å². The standard InChI is InChI=1S/C14H15FN2O4/c1-21-12(18)8-11-13(19)16-6-7-17(11)14(20)9-2-4-10(15)5-3-9/h2-5,11H,6-8H2,1H3,(H,16,19)/t11-/m1/s1. The van der Waals surface area contributed by atoms with Crippen LogP contribution < -0.4 is 5.32 Å². The van der Waals surface area contributed by atoms with Gasteiger partial charge in [-0.05, 0) is 24.3 Å². The van der Waals surface area contributed by atoms with Crippen LogP contribution in [0.15, 0.2) is 24.3 Å². The second-order valence-electron chi connectivity index (χ2n) is 4.59. The Morgan fingerprint density at radius 2 is 2.05 bits per heavy atom. The summed E-state index contributed by atoms with van der Waals surface area (Å²) in [6.45, 7) is 0.590. The molecule has 1 aromatic rings. The molecule has 1 fully saturated rings. The summed E-state index contributed by atoms with van der Waals surface area (Å²) in [6, 6.07) is 4.13. The van der Waals surface area contributed by atoms with Gasteiger partial charge in [-0.25, -0.2) is 4.39 Å². The number of ether oxygens (including phenoxy) is 1. The molecular formula is C14H15FN2O4. The van der Waals surface area contributed by atoms with Crippen LogP contribution in [0.3, 0.4) is 0 Å². The monoisotopic (exact) mass is 294 g/mol. The Morgan fingerprint density at radius 1 is 1.38 bits per heavy atom. The van der Waals surface area contributed by atoms with Gasteiger partial charge in [0.05, 0.1) is 13.5 Å². The number of halogens is 1. The highest BCUT2D eigenvalue weighted by Crippen LogP contribution is 2.15. The van der Waals surface area contributed by atoms with Gasteiger partial charge in [-0.3, -0.25) is 14.4 Å². The number of amides is 2. The number of nitrogens with one attached hydrogen (secondary N) is 1. The predicted molar refractivity (Wildman–Crippen MR) is 70.9 cm³/mol. The minimum absolute atomic E-state index is 0.213. The van der Waals surface area contributed by atoms with Gasteiger partial charge in [0.15, 0.2) is 0 Å². The Kier molecular flexibility index (Phi) is 4.52. The summed E-state index contributed by atoms with van der Waals surface area (Å²) in [4.78, 5) is 37.0. The largest absolute Gasteiger partial charge is 0.469 e. The SMILES string of the molecule is COC(=O)C[C@@H]1C(=O)NCCN1C(=O)c1ccc(F)cc1. The fraction of sp³-hybridized carbons (Fsp3) is 0.357.